The van der Waals surface area contributed by atoms with Crippen LogP contribution in [0.2, 0.25) is 18.6 Å². The first-order chi connectivity index (χ1) is 33.0. The normalized spacial score (nSPS) is 21.0. The molecule has 7 aromatic carbocycles. The molecule has 1 spiro atoms. The Morgan fingerprint density at radius 1 is 0.735 bits per heavy atom. The fourth-order valence-corrected chi connectivity index (χ4v) is 14.3. The number of halogens is 1. The fourth-order valence-electron chi connectivity index (χ4n) is 11.8. The van der Waals surface area contributed by atoms with Gasteiger partial charge in [-0.2, -0.15) is 0 Å². The summed E-state index contributed by atoms with van der Waals surface area (Å²) in [6.07, 6.45) is 1.51. The number of amides is 3. The highest BCUT2D eigenvalue weighted by Crippen LogP contribution is 2.61. The van der Waals surface area contributed by atoms with Gasteiger partial charge in [-0.3, -0.25) is 28.9 Å². The van der Waals surface area contributed by atoms with Crippen LogP contribution in [0.15, 0.2) is 152 Å². The molecule has 68 heavy (non-hydrogen) atoms. The van der Waals surface area contributed by atoms with Crippen LogP contribution in [0, 0.1) is 5.92 Å². The second kappa shape index (κ2) is 15.6. The lowest BCUT2D eigenvalue weighted by molar-refractivity contribution is -0.146. The minimum Gasteiger partial charge on any atom is -0.395 e. The Morgan fingerprint density at radius 2 is 1.34 bits per heavy atom. The van der Waals surface area contributed by atoms with E-state index in [0.29, 0.717) is 52.4 Å². The first-order valence-corrected chi connectivity index (χ1v) is 26.1. The molecule has 8 aromatic rings. The van der Waals surface area contributed by atoms with Gasteiger partial charge in [0, 0.05) is 51.9 Å². The molecule has 12 rings (SSSR count). The molecule has 1 N–H and O–H groups in total. The minimum absolute atomic E-state index is 0.0941. The number of carbonyl (C=O) groups is 3. The summed E-state index contributed by atoms with van der Waals surface area (Å²) in [6.45, 7) is 5.69. The molecular formula is C55H47FN6O5Si. The maximum Gasteiger partial charge on any atom is 0.264 e. The summed E-state index contributed by atoms with van der Waals surface area (Å²) < 4.78 is 26.0. The quantitative estimate of drug-likeness (QED) is 0.101. The van der Waals surface area contributed by atoms with E-state index in [1.807, 2.05) is 159 Å². The summed E-state index contributed by atoms with van der Waals surface area (Å²) in [6, 6.07) is 46.3. The second-order valence-corrected chi connectivity index (χ2v) is 22.8. The van der Waals surface area contributed by atoms with Gasteiger partial charge in [0.15, 0.2) is 5.60 Å². The van der Waals surface area contributed by atoms with E-state index in [9.17, 15) is 14.7 Å². The number of aliphatic hydroxyl groups is 1. The maximum absolute atomic E-state index is 17.0. The van der Waals surface area contributed by atoms with Gasteiger partial charge in [-0.05, 0) is 96.0 Å². The minimum atomic E-state index is -3.55. The number of aryl methyl sites for hydroxylation is 1. The van der Waals surface area contributed by atoms with Crippen molar-refractivity contribution >= 4 is 76.1 Å². The summed E-state index contributed by atoms with van der Waals surface area (Å²) in [5, 5.41) is 22.9. The van der Waals surface area contributed by atoms with Gasteiger partial charge < -0.3 is 18.9 Å². The molecule has 0 saturated carbocycles. The van der Waals surface area contributed by atoms with Crippen molar-refractivity contribution < 1.29 is 28.3 Å². The molecule has 1 saturated heterocycles. The van der Waals surface area contributed by atoms with E-state index < -0.39 is 31.6 Å². The molecule has 3 amide bonds. The monoisotopic (exact) mass is 918 g/mol. The molecule has 13 heteroatoms. The molecule has 338 valence electrons. The van der Waals surface area contributed by atoms with Crippen molar-refractivity contribution in [3.8, 4) is 0 Å². The molecule has 1 fully saturated rings. The highest BCUT2D eigenvalue weighted by atomic mass is 28.4. The molecule has 4 aliphatic heterocycles. The third-order valence-corrected chi connectivity index (χ3v) is 17.2. The predicted molar refractivity (Wildman–Crippen MR) is 263 cm³/mol. The number of nitrogens with zero attached hydrogens (tertiary/aromatic N) is 6. The Morgan fingerprint density at radius 3 is 1.96 bits per heavy atom. The van der Waals surface area contributed by atoms with Crippen molar-refractivity contribution in [2.75, 3.05) is 21.3 Å². The van der Waals surface area contributed by atoms with Gasteiger partial charge in [-0.25, -0.2) is 0 Å². The first-order valence-electron chi connectivity index (χ1n) is 23.2. The van der Waals surface area contributed by atoms with Crippen LogP contribution in [-0.4, -0.2) is 58.9 Å². The summed E-state index contributed by atoms with van der Waals surface area (Å²) in [5.74, 6) is -1.50. The summed E-state index contributed by atoms with van der Waals surface area (Å²) in [7, 11) is -3.55. The Labute approximate surface area is 393 Å². The highest BCUT2D eigenvalue weighted by Gasteiger charge is 2.66. The number of carbonyl (C=O) groups excluding carboxylic acids is 3. The zero-order valence-electron chi connectivity index (χ0n) is 37.7. The van der Waals surface area contributed by atoms with E-state index in [2.05, 4.69) is 10.3 Å². The van der Waals surface area contributed by atoms with Gasteiger partial charge in [0.2, 0.25) is 8.41 Å². The Bertz CT molecular complexity index is 3360. The molecule has 11 nitrogen and oxygen atoms in total. The maximum atomic E-state index is 17.0. The second-order valence-electron chi connectivity index (χ2n) is 19.0. The van der Waals surface area contributed by atoms with Crippen LogP contribution in [0.1, 0.15) is 62.4 Å². The van der Waals surface area contributed by atoms with Gasteiger partial charge >= 0.3 is 0 Å². The lowest BCUT2D eigenvalue weighted by Crippen LogP contribution is -2.45. The van der Waals surface area contributed by atoms with Crippen molar-refractivity contribution in [2.24, 2.45) is 5.92 Å². The molecule has 5 atom stereocenters. The number of anilines is 5. The molecular weight excluding hydrogens is 872 g/mol. The largest absolute Gasteiger partial charge is 0.395 e. The zero-order valence-corrected chi connectivity index (χ0v) is 38.7. The van der Waals surface area contributed by atoms with Gasteiger partial charge in [0.25, 0.3) is 17.7 Å². The molecule has 1 aromatic heterocycles. The van der Waals surface area contributed by atoms with Crippen molar-refractivity contribution in [1.82, 2.24) is 15.0 Å². The Balaban J connectivity index is 0.905. The fraction of sp³-hybridized carbons (Fsp3) is 0.218. The van der Waals surface area contributed by atoms with Crippen LogP contribution < -0.4 is 14.7 Å². The number of ether oxygens (including phenoxy) is 1. The van der Waals surface area contributed by atoms with E-state index >= 15 is 8.90 Å². The Kier molecular flexibility index (Phi) is 9.66. The molecule has 5 heterocycles. The Hall–Kier alpha value is -7.32. The van der Waals surface area contributed by atoms with Crippen LogP contribution >= 0.6 is 0 Å². The number of rotatable bonds is 11. The number of benzene rings is 7. The van der Waals surface area contributed by atoms with Crippen LogP contribution in [0.4, 0.5) is 32.5 Å². The van der Waals surface area contributed by atoms with Crippen LogP contribution in [0.25, 0.3) is 21.5 Å². The first kappa shape index (κ1) is 42.1. The molecule has 0 bridgehead atoms. The van der Waals surface area contributed by atoms with Crippen molar-refractivity contribution in [1.29, 1.82) is 0 Å². The lowest BCUT2D eigenvalue weighted by atomic mass is 9.82. The zero-order chi connectivity index (χ0) is 46.6. The van der Waals surface area contributed by atoms with Crippen molar-refractivity contribution in [3.63, 3.8) is 0 Å². The summed E-state index contributed by atoms with van der Waals surface area (Å²) >= 11 is 0. The topological polar surface area (TPSA) is 121 Å². The van der Waals surface area contributed by atoms with Gasteiger partial charge in [-0.15, -0.1) is 5.10 Å². The highest BCUT2D eigenvalue weighted by molar-refractivity contribution is 6.72. The summed E-state index contributed by atoms with van der Waals surface area (Å²) in [5.41, 5.74) is 5.57. The number of hydrogen-bond donors (Lipinski definition) is 1. The van der Waals surface area contributed by atoms with Crippen LogP contribution in [0.3, 0.4) is 0 Å². The molecule has 0 aliphatic carbocycles. The van der Waals surface area contributed by atoms with Crippen molar-refractivity contribution in [2.45, 2.75) is 62.7 Å². The third kappa shape index (κ3) is 6.25. The van der Waals surface area contributed by atoms with E-state index in [1.54, 1.807) is 32.5 Å². The number of aliphatic hydroxyl groups excluding tert-OH is 1. The van der Waals surface area contributed by atoms with Gasteiger partial charge in [0.1, 0.15) is 0 Å². The van der Waals surface area contributed by atoms with E-state index in [0.717, 1.165) is 44.0 Å². The number of aromatic nitrogens is 3. The predicted octanol–water partition coefficient (Wildman–Crippen LogP) is 10.7. The van der Waals surface area contributed by atoms with E-state index in [1.165, 1.54) is 0 Å². The van der Waals surface area contributed by atoms with Gasteiger partial charge in [-0.1, -0.05) is 103 Å². The smallest absolute Gasteiger partial charge is 0.264 e. The average molecular weight is 919 g/mol. The molecule has 0 radical (unpaired) electrons. The third-order valence-electron chi connectivity index (χ3n) is 14.8. The van der Waals surface area contributed by atoms with Crippen LogP contribution in [0.5, 0.6) is 0 Å². The molecule has 1 unspecified atom stereocenters. The SMILES string of the molecule is C[C@H]1[C@H]([Si](C)(C)F)[C@@H](CCn2cc(C(CO)c3ccccc3)nn2)O[C@]12C(=O)N(Cc1ccc(N3C(=O)c4cccc5cccc3c45)cc1)c1ccc(N3C(=O)c4cccc5cccc3c45)cc12. The number of fused-ring (bicyclic) bond motifs is 2. The standard InChI is InChI=1S/C55H47FN6O5Si/c1-33-51(68(2,3)56)48(27-28-59-31-44(57-58-59)42(32-63)35-11-5-4-6-12-35)67-55(33)43-29-39(62-47-20-10-16-37-14-8-18-41(50(37)47)53(62)65)25-26-45(43)60(54(55)66)30-34-21-23-38(24-22-34)61-46-19-9-15-36-13-7-17-40(49(36)46)52(61)64/h4-26,29,31,33,42,48,51,63H,27-28,30,32H2,1-3H3/t33-,42?,48+,51-,55+/m0/s1. The van der Waals surface area contributed by atoms with Crippen molar-refractivity contribution in [3.05, 3.63) is 185 Å². The average Bonchev–Trinajstić information content (AvgIpc) is 4.13. The van der Waals surface area contributed by atoms with E-state index in [-0.39, 0.29) is 36.8 Å². The van der Waals surface area contributed by atoms with Gasteiger partial charge in [0.05, 0.1) is 59.1 Å². The lowest BCUT2D eigenvalue weighted by Gasteiger charge is -2.31. The molecule has 4 aliphatic rings. The summed E-state index contributed by atoms with van der Waals surface area (Å²) in [4.78, 5) is 48.9. The van der Waals surface area contributed by atoms with E-state index in [4.69, 9.17) is 4.74 Å². The van der Waals surface area contributed by atoms with Crippen LogP contribution in [-0.2, 0) is 28.2 Å². The number of hydrogen-bond acceptors (Lipinski definition) is 7.